The van der Waals surface area contributed by atoms with Crippen LogP contribution in [0.25, 0.3) is 0 Å². The second-order valence-electron chi connectivity index (χ2n) is 5.45. The number of ether oxygens (including phenoxy) is 1. The second-order valence-corrected chi connectivity index (χ2v) is 5.45. The maximum atomic E-state index is 12.0. The number of carboxylic acid groups (broad SMARTS) is 1. The van der Waals surface area contributed by atoms with Crippen LogP contribution in [-0.4, -0.2) is 53.7 Å². The third-order valence-corrected chi connectivity index (χ3v) is 3.33. The van der Waals surface area contributed by atoms with Crippen molar-refractivity contribution in [3.63, 3.8) is 0 Å². The summed E-state index contributed by atoms with van der Waals surface area (Å²) in [7, 11) is 0. The number of carbonyl (C=O) groups excluding carboxylic acids is 2. The molecule has 0 aromatic carbocycles. The van der Waals surface area contributed by atoms with Gasteiger partial charge < -0.3 is 20.1 Å². The van der Waals surface area contributed by atoms with Crippen LogP contribution in [0.2, 0.25) is 0 Å². The van der Waals surface area contributed by atoms with Gasteiger partial charge in [-0.2, -0.15) is 0 Å². The Bertz CT molecular complexity index is 394. The lowest BCUT2D eigenvalue weighted by Crippen LogP contribution is -2.49. The van der Waals surface area contributed by atoms with Crippen molar-refractivity contribution in [1.29, 1.82) is 0 Å². The molecule has 1 aliphatic rings. The number of hydrogen-bond donors (Lipinski definition) is 2. The van der Waals surface area contributed by atoms with Gasteiger partial charge >= 0.3 is 18.0 Å². The summed E-state index contributed by atoms with van der Waals surface area (Å²) in [5, 5.41) is 11.6. The van der Waals surface area contributed by atoms with Crippen LogP contribution in [0.4, 0.5) is 4.79 Å². The standard InChI is InChI=1S/C13H22N2O5/c1-4-20-10(16)9-6-5-7-15(9)12(19)14-8-13(2,3)11(17)18/h9H,4-8H2,1-3H3,(H,14,19)(H,17,18). The number of aliphatic carboxylic acids is 1. The second kappa shape index (κ2) is 6.58. The molecule has 0 spiro atoms. The van der Waals surface area contributed by atoms with Gasteiger partial charge in [0.25, 0.3) is 0 Å². The zero-order chi connectivity index (χ0) is 15.3. The molecule has 1 fully saturated rings. The van der Waals surface area contributed by atoms with Crippen molar-refractivity contribution in [3.8, 4) is 0 Å². The lowest BCUT2D eigenvalue weighted by atomic mass is 9.94. The van der Waals surface area contributed by atoms with Crippen molar-refractivity contribution in [1.82, 2.24) is 10.2 Å². The summed E-state index contributed by atoms with van der Waals surface area (Å²) in [6.07, 6.45) is 1.31. The van der Waals surface area contributed by atoms with E-state index in [-0.39, 0.29) is 13.2 Å². The fraction of sp³-hybridized carbons (Fsp3) is 0.769. The van der Waals surface area contributed by atoms with Gasteiger partial charge in [0.2, 0.25) is 0 Å². The van der Waals surface area contributed by atoms with E-state index >= 15 is 0 Å². The summed E-state index contributed by atoms with van der Waals surface area (Å²) in [5.74, 6) is -1.39. The molecule has 0 radical (unpaired) electrons. The third-order valence-electron chi connectivity index (χ3n) is 3.33. The summed E-state index contributed by atoms with van der Waals surface area (Å²) in [4.78, 5) is 36.2. The molecule has 1 heterocycles. The highest BCUT2D eigenvalue weighted by atomic mass is 16.5. The number of carboxylic acids is 1. The molecule has 1 aliphatic heterocycles. The van der Waals surface area contributed by atoms with Gasteiger partial charge in [-0.15, -0.1) is 0 Å². The Labute approximate surface area is 118 Å². The molecule has 0 aromatic rings. The summed E-state index contributed by atoms with van der Waals surface area (Å²) in [6.45, 7) is 5.53. The van der Waals surface area contributed by atoms with E-state index in [1.807, 2.05) is 0 Å². The molecule has 0 aromatic heterocycles. The fourth-order valence-corrected chi connectivity index (χ4v) is 1.97. The zero-order valence-electron chi connectivity index (χ0n) is 12.1. The van der Waals surface area contributed by atoms with E-state index in [2.05, 4.69) is 5.32 Å². The van der Waals surface area contributed by atoms with Gasteiger partial charge in [0.1, 0.15) is 6.04 Å². The smallest absolute Gasteiger partial charge is 0.328 e. The monoisotopic (exact) mass is 286 g/mol. The van der Waals surface area contributed by atoms with Crippen LogP contribution < -0.4 is 5.32 Å². The SMILES string of the molecule is CCOC(=O)C1CCCN1C(=O)NCC(C)(C)C(=O)O. The number of likely N-dealkylation sites (tertiary alicyclic amines) is 1. The Kier molecular flexibility index (Phi) is 5.35. The van der Waals surface area contributed by atoms with Crippen LogP contribution >= 0.6 is 0 Å². The lowest BCUT2D eigenvalue weighted by Gasteiger charge is -2.26. The minimum atomic E-state index is -1.05. The Hall–Kier alpha value is -1.79. The van der Waals surface area contributed by atoms with Crippen molar-refractivity contribution in [2.45, 2.75) is 39.7 Å². The van der Waals surface area contributed by atoms with Crippen LogP contribution in [0.5, 0.6) is 0 Å². The average molecular weight is 286 g/mol. The number of urea groups is 1. The molecule has 2 amide bonds. The highest BCUT2D eigenvalue weighted by Gasteiger charge is 2.36. The number of carbonyl (C=O) groups is 3. The molecule has 7 nitrogen and oxygen atoms in total. The normalized spacial score (nSPS) is 18.8. The van der Waals surface area contributed by atoms with E-state index in [1.165, 1.54) is 18.7 Å². The Balaban J connectivity index is 2.58. The molecule has 20 heavy (non-hydrogen) atoms. The molecular formula is C13H22N2O5. The van der Waals surface area contributed by atoms with Gasteiger partial charge in [-0.1, -0.05) is 0 Å². The predicted octanol–water partition coefficient (Wildman–Crippen LogP) is 0.834. The average Bonchev–Trinajstić information content (AvgIpc) is 2.85. The van der Waals surface area contributed by atoms with Crippen molar-refractivity contribution in [2.24, 2.45) is 5.41 Å². The van der Waals surface area contributed by atoms with E-state index < -0.39 is 29.4 Å². The first-order valence-electron chi connectivity index (χ1n) is 6.74. The molecule has 0 bridgehead atoms. The minimum Gasteiger partial charge on any atom is -0.481 e. The van der Waals surface area contributed by atoms with Gasteiger partial charge in [-0.25, -0.2) is 9.59 Å². The maximum Gasteiger partial charge on any atom is 0.328 e. The lowest BCUT2D eigenvalue weighted by molar-refractivity contribution is -0.148. The molecule has 0 aliphatic carbocycles. The van der Waals surface area contributed by atoms with Crippen LogP contribution in [0, 0.1) is 5.41 Å². The summed E-state index contributed by atoms with van der Waals surface area (Å²) >= 11 is 0. The topological polar surface area (TPSA) is 95.9 Å². The van der Waals surface area contributed by atoms with Gasteiger partial charge in [-0.05, 0) is 33.6 Å². The molecule has 0 saturated carbocycles. The number of nitrogens with zero attached hydrogens (tertiary/aromatic N) is 1. The summed E-state index contributed by atoms with van der Waals surface area (Å²) in [5.41, 5.74) is -1.05. The number of amides is 2. The molecule has 7 heteroatoms. The molecule has 1 atom stereocenters. The zero-order valence-corrected chi connectivity index (χ0v) is 12.1. The molecule has 114 valence electrons. The summed E-state index contributed by atoms with van der Waals surface area (Å²) in [6, 6.07) is -0.988. The van der Waals surface area contributed by atoms with Crippen LogP contribution in [0.15, 0.2) is 0 Å². The van der Waals surface area contributed by atoms with Crippen LogP contribution in [0.3, 0.4) is 0 Å². The van der Waals surface area contributed by atoms with E-state index in [0.717, 1.165) is 6.42 Å². The minimum absolute atomic E-state index is 0.00715. The van der Waals surface area contributed by atoms with E-state index in [0.29, 0.717) is 13.0 Å². The van der Waals surface area contributed by atoms with Gasteiger partial charge in [0.05, 0.1) is 12.0 Å². The van der Waals surface area contributed by atoms with Crippen LogP contribution in [-0.2, 0) is 14.3 Å². The van der Waals surface area contributed by atoms with Crippen LogP contribution in [0.1, 0.15) is 33.6 Å². The highest BCUT2D eigenvalue weighted by Crippen LogP contribution is 2.19. The fourth-order valence-electron chi connectivity index (χ4n) is 1.97. The third kappa shape index (κ3) is 3.85. The maximum absolute atomic E-state index is 12.0. The molecule has 2 N–H and O–H groups in total. The van der Waals surface area contributed by atoms with Crippen molar-refractivity contribution < 1.29 is 24.2 Å². The molecule has 1 unspecified atom stereocenters. The van der Waals surface area contributed by atoms with Gasteiger partial charge in [0.15, 0.2) is 0 Å². The van der Waals surface area contributed by atoms with E-state index in [4.69, 9.17) is 9.84 Å². The molecular weight excluding hydrogens is 264 g/mol. The first-order chi connectivity index (χ1) is 9.29. The number of esters is 1. The van der Waals surface area contributed by atoms with Crippen molar-refractivity contribution in [3.05, 3.63) is 0 Å². The number of rotatable bonds is 5. The Morgan fingerprint density at radius 2 is 2.05 bits per heavy atom. The Morgan fingerprint density at radius 1 is 1.40 bits per heavy atom. The number of nitrogens with one attached hydrogen (secondary N) is 1. The molecule has 1 rings (SSSR count). The largest absolute Gasteiger partial charge is 0.481 e. The number of hydrogen-bond acceptors (Lipinski definition) is 4. The first kappa shape index (κ1) is 16.3. The van der Waals surface area contributed by atoms with Gasteiger partial charge in [0, 0.05) is 13.1 Å². The van der Waals surface area contributed by atoms with E-state index in [1.54, 1.807) is 6.92 Å². The van der Waals surface area contributed by atoms with E-state index in [9.17, 15) is 14.4 Å². The summed E-state index contributed by atoms with van der Waals surface area (Å²) < 4.78 is 4.94. The Morgan fingerprint density at radius 3 is 2.60 bits per heavy atom. The van der Waals surface area contributed by atoms with Crippen molar-refractivity contribution in [2.75, 3.05) is 19.7 Å². The first-order valence-corrected chi connectivity index (χ1v) is 6.74. The van der Waals surface area contributed by atoms with Gasteiger partial charge in [-0.3, -0.25) is 4.79 Å². The predicted molar refractivity (Wildman–Crippen MR) is 71.2 cm³/mol. The molecule has 1 saturated heterocycles. The quantitative estimate of drug-likeness (QED) is 0.730. The van der Waals surface area contributed by atoms with Crippen molar-refractivity contribution >= 4 is 18.0 Å². The highest BCUT2D eigenvalue weighted by molar-refractivity contribution is 5.84.